The van der Waals surface area contributed by atoms with Crippen molar-refractivity contribution in [2.75, 3.05) is 0 Å². The van der Waals surface area contributed by atoms with E-state index in [1.54, 1.807) is 18.2 Å². The fourth-order valence-electron chi connectivity index (χ4n) is 1.90. The number of carboxylic acids is 1. The molecule has 98 valence electrons. The largest absolute Gasteiger partial charge is 0.475 e. The van der Waals surface area contributed by atoms with Crippen molar-refractivity contribution in [3.8, 4) is 11.5 Å². The van der Waals surface area contributed by atoms with Gasteiger partial charge < -0.3 is 9.52 Å². The molecule has 19 heavy (non-hydrogen) atoms. The van der Waals surface area contributed by atoms with Gasteiger partial charge in [-0.25, -0.2) is 9.78 Å². The fraction of sp³-hybridized carbons (Fsp3) is 0.231. The van der Waals surface area contributed by atoms with E-state index in [2.05, 4.69) is 20.9 Å². The zero-order valence-corrected chi connectivity index (χ0v) is 12.0. The minimum atomic E-state index is -1.09. The number of aromatic carboxylic acids is 1. The van der Waals surface area contributed by atoms with Crippen LogP contribution < -0.4 is 0 Å². The fourth-order valence-corrected chi connectivity index (χ4v) is 2.45. The number of rotatable bonds is 3. The molecule has 0 bridgehead atoms. The second kappa shape index (κ2) is 4.65. The minimum absolute atomic E-state index is 0.0754. The number of halogens is 2. The van der Waals surface area contributed by atoms with Crippen molar-refractivity contribution in [3.63, 3.8) is 0 Å². The van der Waals surface area contributed by atoms with Gasteiger partial charge in [0.25, 0.3) is 0 Å². The Morgan fingerprint density at radius 2 is 2.21 bits per heavy atom. The van der Waals surface area contributed by atoms with E-state index >= 15 is 0 Å². The van der Waals surface area contributed by atoms with E-state index in [-0.39, 0.29) is 17.6 Å². The Labute approximate surface area is 122 Å². The highest BCUT2D eigenvalue weighted by atomic mass is 79.9. The summed E-state index contributed by atoms with van der Waals surface area (Å²) in [6, 6.07) is 5.27. The van der Waals surface area contributed by atoms with E-state index in [1.165, 1.54) is 0 Å². The van der Waals surface area contributed by atoms with Crippen LogP contribution in [0.15, 0.2) is 27.1 Å². The van der Waals surface area contributed by atoms with Gasteiger partial charge in [-0.05, 0) is 31.0 Å². The van der Waals surface area contributed by atoms with Crippen molar-refractivity contribution in [2.24, 2.45) is 0 Å². The summed E-state index contributed by atoms with van der Waals surface area (Å²) >= 11 is 9.44. The highest BCUT2D eigenvalue weighted by Gasteiger charge is 2.34. The van der Waals surface area contributed by atoms with Crippen molar-refractivity contribution >= 4 is 33.5 Å². The topological polar surface area (TPSA) is 63.3 Å². The lowest BCUT2D eigenvalue weighted by molar-refractivity contribution is 0.0661. The maximum absolute atomic E-state index is 11.2. The second-order valence-corrected chi connectivity index (χ2v) is 5.76. The molecule has 0 unspecified atom stereocenters. The summed E-state index contributed by atoms with van der Waals surface area (Å²) in [7, 11) is 0. The molecule has 1 heterocycles. The lowest BCUT2D eigenvalue weighted by Crippen LogP contribution is -1.98. The van der Waals surface area contributed by atoms with Crippen molar-refractivity contribution in [2.45, 2.75) is 18.8 Å². The van der Waals surface area contributed by atoms with Crippen LogP contribution in [0.2, 0.25) is 5.02 Å². The van der Waals surface area contributed by atoms with E-state index < -0.39 is 5.97 Å². The first kappa shape index (κ1) is 12.7. The molecule has 1 N–H and O–H groups in total. The van der Waals surface area contributed by atoms with Crippen LogP contribution in [-0.4, -0.2) is 16.1 Å². The maximum Gasteiger partial charge on any atom is 0.373 e. The molecule has 4 nitrogen and oxygen atoms in total. The lowest BCUT2D eigenvalue weighted by Gasteiger charge is -1.99. The SMILES string of the molecule is O=C(O)c1oc(-c2cc(Br)ccc2Cl)nc1C1CC1. The zero-order chi connectivity index (χ0) is 13.6. The van der Waals surface area contributed by atoms with Crippen LogP contribution in [0.3, 0.4) is 0 Å². The van der Waals surface area contributed by atoms with Crippen LogP contribution >= 0.6 is 27.5 Å². The molecule has 2 aromatic rings. The summed E-state index contributed by atoms with van der Waals surface area (Å²) in [5.74, 6) is -0.708. The third-order valence-corrected chi connectivity index (χ3v) is 3.79. The third-order valence-electron chi connectivity index (χ3n) is 2.97. The number of aromatic nitrogens is 1. The summed E-state index contributed by atoms with van der Waals surface area (Å²) in [6.45, 7) is 0. The predicted molar refractivity (Wildman–Crippen MR) is 73.6 cm³/mol. The molecule has 1 aromatic carbocycles. The standard InChI is InChI=1S/C13H9BrClNO3/c14-7-3-4-9(15)8(5-7)12-16-10(6-1-2-6)11(19-12)13(17)18/h3-6H,1-2H2,(H,17,18). The van der Waals surface area contributed by atoms with Crippen molar-refractivity contribution in [1.82, 2.24) is 4.98 Å². The number of hydrogen-bond donors (Lipinski definition) is 1. The Bertz CT molecular complexity index is 664. The molecule has 0 saturated heterocycles. The first-order chi connectivity index (χ1) is 9.06. The van der Waals surface area contributed by atoms with Crippen molar-refractivity contribution in [1.29, 1.82) is 0 Å². The van der Waals surface area contributed by atoms with Gasteiger partial charge in [0.1, 0.15) is 0 Å². The molecule has 0 spiro atoms. The van der Waals surface area contributed by atoms with Gasteiger partial charge in [0, 0.05) is 10.4 Å². The molecule has 6 heteroatoms. The van der Waals surface area contributed by atoms with Gasteiger partial charge in [-0.1, -0.05) is 27.5 Å². The van der Waals surface area contributed by atoms with Crippen LogP contribution in [0.1, 0.15) is 35.0 Å². The average molecular weight is 343 g/mol. The van der Waals surface area contributed by atoms with Gasteiger partial charge in [0.15, 0.2) is 0 Å². The molecule has 1 aliphatic carbocycles. The van der Waals surface area contributed by atoms with Gasteiger partial charge >= 0.3 is 5.97 Å². The molecular weight excluding hydrogens is 334 g/mol. The van der Waals surface area contributed by atoms with E-state index in [0.29, 0.717) is 16.3 Å². The van der Waals surface area contributed by atoms with E-state index in [4.69, 9.17) is 21.1 Å². The Morgan fingerprint density at radius 3 is 2.84 bits per heavy atom. The van der Waals surface area contributed by atoms with E-state index in [0.717, 1.165) is 17.3 Å². The molecular formula is C13H9BrClNO3. The van der Waals surface area contributed by atoms with Gasteiger partial charge in [0.2, 0.25) is 11.7 Å². The third kappa shape index (κ3) is 2.40. The number of nitrogens with zero attached hydrogens (tertiary/aromatic N) is 1. The van der Waals surface area contributed by atoms with Gasteiger partial charge in [-0.15, -0.1) is 0 Å². The van der Waals surface area contributed by atoms with Crippen LogP contribution in [-0.2, 0) is 0 Å². The van der Waals surface area contributed by atoms with Crippen molar-refractivity contribution < 1.29 is 14.3 Å². The summed E-state index contributed by atoms with van der Waals surface area (Å²) < 4.78 is 6.21. The molecule has 3 rings (SSSR count). The number of carbonyl (C=O) groups is 1. The number of oxazole rings is 1. The summed E-state index contributed by atoms with van der Waals surface area (Å²) in [4.78, 5) is 15.5. The van der Waals surface area contributed by atoms with Crippen LogP contribution in [0.25, 0.3) is 11.5 Å². The molecule has 0 aliphatic heterocycles. The van der Waals surface area contributed by atoms with Crippen LogP contribution in [0.4, 0.5) is 0 Å². The molecule has 1 aromatic heterocycles. The molecule has 0 atom stereocenters. The van der Waals surface area contributed by atoms with Gasteiger partial charge in [-0.3, -0.25) is 0 Å². The summed E-state index contributed by atoms with van der Waals surface area (Å²) in [5.41, 5.74) is 1.11. The highest BCUT2D eigenvalue weighted by molar-refractivity contribution is 9.10. The lowest BCUT2D eigenvalue weighted by atomic mass is 10.2. The minimum Gasteiger partial charge on any atom is -0.475 e. The second-order valence-electron chi connectivity index (χ2n) is 4.44. The van der Waals surface area contributed by atoms with E-state index in [1.807, 2.05) is 0 Å². The monoisotopic (exact) mass is 341 g/mol. The average Bonchev–Trinajstić information content (AvgIpc) is 3.11. The molecule has 0 radical (unpaired) electrons. The quantitative estimate of drug-likeness (QED) is 0.901. The summed E-state index contributed by atoms with van der Waals surface area (Å²) in [5, 5.41) is 9.63. The zero-order valence-electron chi connectivity index (χ0n) is 9.69. The Morgan fingerprint density at radius 1 is 1.47 bits per heavy atom. The maximum atomic E-state index is 11.2. The molecule has 0 amide bonds. The smallest absolute Gasteiger partial charge is 0.373 e. The first-order valence-electron chi connectivity index (χ1n) is 5.75. The molecule has 1 saturated carbocycles. The Hall–Kier alpha value is -1.33. The molecule has 1 fully saturated rings. The molecule has 1 aliphatic rings. The normalized spacial score (nSPS) is 14.6. The number of hydrogen-bond acceptors (Lipinski definition) is 3. The predicted octanol–water partition coefficient (Wildman–Crippen LogP) is 4.33. The van der Waals surface area contributed by atoms with Crippen LogP contribution in [0.5, 0.6) is 0 Å². The Kier molecular flexibility index (Phi) is 3.11. The van der Waals surface area contributed by atoms with Crippen LogP contribution in [0, 0.1) is 0 Å². The van der Waals surface area contributed by atoms with E-state index in [9.17, 15) is 4.79 Å². The van der Waals surface area contributed by atoms with Crippen molar-refractivity contribution in [3.05, 3.63) is 39.1 Å². The highest BCUT2D eigenvalue weighted by Crippen LogP contribution is 2.43. The first-order valence-corrected chi connectivity index (χ1v) is 6.93. The van der Waals surface area contributed by atoms with Gasteiger partial charge in [-0.2, -0.15) is 0 Å². The van der Waals surface area contributed by atoms with Gasteiger partial charge in [0.05, 0.1) is 16.3 Å². The number of benzene rings is 1. The summed E-state index contributed by atoms with van der Waals surface area (Å²) in [6.07, 6.45) is 1.91. The Balaban J connectivity index is 2.12. The number of carboxylic acid groups (broad SMARTS) is 1.